The number of hydrogen-bond acceptors (Lipinski definition) is 4. The summed E-state index contributed by atoms with van der Waals surface area (Å²) < 4.78 is 25.0. The number of halogens is 2. The smallest absolute Gasteiger partial charge is 0.290 e. The summed E-state index contributed by atoms with van der Waals surface area (Å²) in [7, 11) is 0. The third-order valence-corrected chi connectivity index (χ3v) is 4.51. The molecule has 1 aromatic rings. The molecule has 0 aromatic carbocycles. The van der Waals surface area contributed by atoms with E-state index < -0.39 is 11.7 Å². The highest BCUT2D eigenvalue weighted by Gasteiger charge is 2.18. The van der Waals surface area contributed by atoms with Crippen LogP contribution in [0.5, 0.6) is 0 Å². The van der Waals surface area contributed by atoms with Crippen LogP contribution in [0.1, 0.15) is 42.5 Å². The molecule has 5 nitrogen and oxygen atoms in total. The number of hydrogen-bond donors (Lipinski definition) is 1. The first-order valence-corrected chi connectivity index (χ1v) is 8.91. The second-order valence-corrected chi connectivity index (χ2v) is 6.51. The van der Waals surface area contributed by atoms with E-state index >= 15 is 0 Å². The first-order chi connectivity index (χ1) is 11.6. The number of carbonyl (C=O) groups excluding carboxylic acids is 2. The Morgan fingerprint density at radius 1 is 1.38 bits per heavy atom. The van der Waals surface area contributed by atoms with Crippen LogP contribution in [-0.2, 0) is 4.79 Å². The van der Waals surface area contributed by atoms with Gasteiger partial charge in [0.05, 0.1) is 5.56 Å². The summed E-state index contributed by atoms with van der Waals surface area (Å²) in [6.07, 6.45) is 5.64. The van der Waals surface area contributed by atoms with Crippen LogP contribution in [0.3, 0.4) is 0 Å². The number of likely N-dealkylation sites (tertiary alicyclic amines) is 1. The van der Waals surface area contributed by atoms with Gasteiger partial charge < -0.3 is 10.2 Å². The molecule has 1 aliphatic heterocycles. The number of nitrogens with zero attached hydrogens (tertiary/aromatic N) is 2. The van der Waals surface area contributed by atoms with Gasteiger partial charge >= 0.3 is 0 Å². The highest BCUT2D eigenvalue weighted by atomic mass is 32.2. The van der Waals surface area contributed by atoms with E-state index in [2.05, 4.69) is 10.3 Å². The summed E-state index contributed by atoms with van der Waals surface area (Å²) in [6, 6.07) is 3.02. The molecule has 1 aromatic heterocycles. The Kier molecular flexibility index (Phi) is 7.42. The average Bonchev–Trinajstić information content (AvgIpc) is 2.76. The molecule has 1 aliphatic rings. The van der Waals surface area contributed by atoms with E-state index in [0.717, 1.165) is 25.8 Å². The molecule has 0 atom stereocenters. The Hall–Kier alpha value is -1.70. The predicted molar refractivity (Wildman–Crippen MR) is 88.1 cm³/mol. The third-order valence-electron chi connectivity index (χ3n) is 3.78. The highest BCUT2D eigenvalue weighted by molar-refractivity contribution is 7.99. The molecule has 0 spiro atoms. The molecule has 2 rings (SSSR count). The zero-order chi connectivity index (χ0) is 17.4. The molecule has 0 aliphatic carbocycles. The van der Waals surface area contributed by atoms with Crippen LogP contribution in [-0.4, -0.2) is 47.1 Å². The SMILES string of the molecule is O=C(NCCCN1CCCCCC1=O)c1cccnc1SC(F)F. The molecule has 0 bridgehead atoms. The van der Waals surface area contributed by atoms with Crippen molar-refractivity contribution in [2.24, 2.45) is 0 Å². The van der Waals surface area contributed by atoms with Crippen molar-refractivity contribution >= 4 is 23.6 Å². The maximum atomic E-state index is 12.5. The molecular weight excluding hydrogens is 336 g/mol. The van der Waals surface area contributed by atoms with E-state index in [0.29, 0.717) is 25.9 Å². The maximum Gasteiger partial charge on any atom is 0.290 e. The topological polar surface area (TPSA) is 62.3 Å². The normalized spacial score (nSPS) is 15.5. The second kappa shape index (κ2) is 9.56. The van der Waals surface area contributed by atoms with Crippen LogP contribution in [0.2, 0.25) is 0 Å². The van der Waals surface area contributed by atoms with Crippen LogP contribution in [0.4, 0.5) is 8.78 Å². The molecule has 1 fully saturated rings. The summed E-state index contributed by atoms with van der Waals surface area (Å²) >= 11 is 0.260. The lowest BCUT2D eigenvalue weighted by Gasteiger charge is -2.20. The summed E-state index contributed by atoms with van der Waals surface area (Å²) in [5, 5.41) is 2.73. The fourth-order valence-corrected chi connectivity index (χ4v) is 3.16. The van der Waals surface area contributed by atoms with Gasteiger partial charge in [-0.3, -0.25) is 9.59 Å². The van der Waals surface area contributed by atoms with Gasteiger partial charge in [-0.15, -0.1) is 0 Å². The first kappa shape index (κ1) is 18.6. The first-order valence-electron chi connectivity index (χ1n) is 8.03. The van der Waals surface area contributed by atoms with Crippen molar-refractivity contribution in [1.82, 2.24) is 15.2 Å². The average molecular weight is 357 g/mol. The monoisotopic (exact) mass is 357 g/mol. The van der Waals surface area contributed by atoms with Gasteiger partial charge in [-0.25, -0.2) is 4.98 Å². The van der Waals surface area contributed by atoms with Crippen LogP contribution in [0, 0.1) is 0 Å². The lowest BCUT2D eigenvalue weighted by molar-refractivity contribution is -0.130. The van der Waals surface area contributed by atoms with Crippen LogP contribution in [0.15, 0.2) is 23.4 Å². The van der Waals surface area contributed by atoms with Crippen LogP contribution < -0.4 is 5.32 Å². The fourth-order valence-electron chi connectivity index (χ4n) is 2.58. The summed E-state index contributed by atoms with van der Waals surface area (Å²) in [6.45, 7) is 1.76. The summed E-state index contributed by atoms with van der Waals surface area (Å²) in [5.74, 6) is -2.88. The van der Waals surface area contributed by atoms with Gasteiger partial charge in [-0.2, -0.15) is 8.78 Å². The molecule has 0 saturated carbocycles. The number of thioether (sulfide) groups is 1. The third kappa shape index (κ3) is 5.74. The van der Waals surface area contributed by atoms with E-state index in [1.165, 1.54) is 12.3 Å². The quantitative estimate of drug-likeness (QED) is 0.602. The molecule has 2 heterocycles. The predicted octanol–water partition coefficient (Wildman–Crippen LogP) is 2.92. The molecule has 1 saturated heterocycles. The van der Waals surface area contributed by atoms with Gasteiger partial charge in [0.15, 0.2) is 0 Å². The largest absolute Gasteiger partial charge is 0.352 e. The molecule has 24 heavy (non-hydrogen) atoms. The number of aromatic nitrogens is 1. The van der Waals surface area contributed by atoms with Crippen LogP contribution in [0.25, 0.3) is 0 Å². The minimum Gasteiger partial charge on any atom is -0.352 e. The lowest BCUT2D eigenvalue weighted by atomic mass is 10.2. The highest BCUT2D eigenvalue weighted by Crippen LogP contribution is 2.26. The van der Waals surface area contributed by atoms with Crippen molar-refractivity contribution < 1.29 is 18.4 Å². The number of rotatable bonds is 7. The van der Waals surface area contributed by atoms with Crippen molar-refractivity contribution in [2.75, 3.05) is 19.6 Å². The van der Waals surface area contributed by atoms with E-state index in [1.807, 2.05) is 4.90 Å². The van der Waals surface area contributed by atoms with Gasteiger partial charge in [-0.1, -0.05) is 6.42 Å². The number of pyridine rings is 1. The fraction of sp³-hybridized carbons (Fsp3) is 0.562. The Morgan fingerprint density at radius 2 is 2.21 bits per heavy atom. The van der Waals surface area contributed by atoms with Crippen molar-refractivity contribution in [1.29, 1.82) is 0 Å². The molecule has 2 amide bonds. The zero-order valence-electron chi connectivity index (χ0n) is 13.3. The molecule has 132 valence electrons. The van der Waals surface area contributed by atoms with Crippen LogP contribution >= 0.6 is 11.8 Å². The van der Waals surface area contributed by atoms with Gasteiger partial charge in [0, 0.05) is 32.3 Å². The van der Waals surface area contributed by atoms with E-state index in [1.54, 1.807) is 6.07 Å². The number of amides is 2. The Bertz CT molecular complexity index is 572. The second-order valence-electron chi connectivity index (χ2n) is 5.54. The molecule has 0 unspecified atom stereocenters. The molecule has 8 heteroatoms. The number of nitrogens with one attached hydrogen (secondary N) is 1. The Labute approximate surface area is 144 Å². The molecular formula is C16H21F2N3O2S. The summed E-state index contributed by atoms with van der Waals surface area (Å²) in [5.41, 5.74) is 0.147. The standard InChI is InChI=1S/C16H21F2N3O2S/c17-16(18)24-15-12(6-4-8-20-15)14(23)19-9-5-11-21-10-3-1-2-7-13(21)22/h4,6,8,16H,1-3,5,7,9-11H2,(H,19,23). The van der Waals surface area contributed by atoms with Gasteiger partial charge in [-0.05, 0) is 43.2 Å². The van der Waals surface area contributed by atoms with E-state index in [-0.39, 0.29) is 28.3 Å². The summed E-state index contributed by atoms with van der Waals surface area (Å²) in [4.78, 5) is 29.7. The van der Waals surface area contributed by atoms with E-state index in [9.17, 15) is 18.4 Å². The minimum atomic E-state index is -2.62. The maximum absolute atomic E-state index is 12.5. The lowest BCUT2D eigenvalue weighted by Crippen LogP contribution is -2.34. The molecule has 0 radical (unpaired) electrons. The van der Waals surface area contributed by atoms with Crippen molar-refractivity contribution in [2.45, 2.75) is 42.9 Å². The van der Waals surface area contributed by atoms with Crippen molar-refractivity contribution in [3.8, 4) is 0 Å². The van der Waals surface area contributed by atoms with Crippen molar-refractivity contribution in [3.05, 3.63) is 23.9 Å². The minimum absolute atomic E-state index is 0.0210. The van der Waals surface area contributed by atoms with Gasteiger partial charge in [0.1, 0.15) is 5.03 Å². The number of alkyl halides is 2. The Morgan fingerprint density at radius 3 is 3.00 bits per heavy atom. The van der Waals surface area contributed by atoms with Gasteiger partial charge in [0.2, 0.25) is 5.91 Å². The van der Waals surface area contributed by atoms with E-state index in [4.69, 9.17) is 0 Å². The number of carbonyl (C=O) groups is 2. The molecule has 1 N–H and O–H groups in total. The Balaban J connectivity index is 1.80. The van der Waals surface area contributed by atoms with Crippen molar-refractivity contribution in [3.63, 3.8) is 0 Å². The zero-order valence-corrected chi connectivity index (χ0v) is 14.2. The van der Waals surface area contributed by atoms with Gasteiger partial charge in [0.25, 0.3) is 11.7 Å².